The van der Waals surface area contributed by atoms with Crippen LogP contribution in [0.15, 0.2) is 30.3 Å². The standard InChI is InChI=1S/C38H57NO2/c1-24(39)28-14-9-25-15-22-38(7)36(5,30(28)23-25)20-18-32-35(4)19-16-29(26-10-12-27(13-11-26)33(40)41-8)34(2,3)31(35)17-21-37(32,38)6/h10-13,16,24-25,28,30-32H,9,14-15,17-23,39H2,1-8H3/t24?,25-,28-,30+,31-,32+,35-,36+,37+,38+/m0/s1. The average molecular weight is 560 g/mol. The predicted octanol–water partition coefficient (Wildman–Crippen LogP) is 9.31. The Balaban J connectivity index is 1.37. The first-order valence-electron chi connectivity index (χ1n) is 16.9. The summed E-state index contributed by atoms with van der Waals surface area (Å²) in [7, 11) is 1.45. The van der Waals surface area contributed by atoms with E-state index < -0.39 is 0 Å². The van der Waals surface area contributed by atoms with E-state index in [9.17, 15) is 4.79 Å². The topological polar surface area (TPSA) is 52.3 Å². The van der Waals surface area contributed by atoms with Gasteiger partial charge in [-0.1, -0.05) is 66.2 Å². The number of ether oxygens (including phenoxy) is 1. The van der Waals surface area contributed by atoms with Crippen LogP contribution in [0.1, 0.15) is 129 Å². The Kier molecular flexibility index (Phi) is 6.97. The third-order valence-corrected chi connectivity index (χ3v) is 15.3. The monoisotopic (exact) mass is 559 g/mol. The van der Waals surface area contributed by atoms with Crippen LogP contribution < -0.4 is 5.73 Å². The van der Waals surface area contributed by atoms with Gasteiger partial charge in [-0.05, 0) is 145 Å². The van der Waals surface area contributed by atoms with Crippen LogP contribution in [0.3, 0.4) is 0 Å². The van der Waals surface area contributed by atoms with Gasteiger partial charge in [0.2, 0.25) is 0 Å². The number of nitrogens with two attached hydrogens (primary N) is 1. The number of carbonyl (C=O) groups is 1. The van der Waals surface area contributed by atoms with Gasteiger partial charge in [0.15, 0.2) is 0 Å². The molecule has 1 aromatic carbocycles. The fourth-order valence-corrected chi connectivity index (χ4v) is 12.8. The second-order valence-electron chi connectivity index (χ2n) is 16.8. The van der Waals surface area contributed by atoms with Crippen LogP contribution in [0.4, 0.5) is 0 Å². The summed E-state index contributed by atoms with van der Waals surface area (Å²) >= 11 is 0. The maximum atomic E-state index is 12.1. The molecule has 5 aliphatic carbocycles. The first-order valence-corrected chi connectivity index (χ1v) is 16.9. The van der Waals surface area contributed by atoms with Crippen molar-refractivity contribution >= 4 is 11.5 Å². The van der Waals surface area contributed by atoms with Gasteiger partial charge in [-0.3, -0.25) is 0 Å². The summed E-state index contributed by atoms with van der Waals surface area (Å²) in [4.78, 5) is 12.1. The van der Waals surface area contributed by atoms with Crippen LogP contribution in [0.5, 0.6) is 0 Å². The lowest BCUT2D eigenvalue weighted by atomic mass is 9.31. The van der Waals surface area contributed by atoms with Crippen molar-refractivity contribution in [2.45, 2.75) is 119 Å². The van der Waals surface area contributed by atoms with E-state index in [0.717, 1.165) is 24.2 Å². The lowest BCUT2D eigenvalue weighted by Gasteiger charge is -2.73. The predicted molar refractivity (Wildman–Crippen MR) is 169 cm³/mol. The summed E-state index contributed by atoms with van der Waals surface area (Å²) in [5.41, 5.74) is 11.6. The molecule has 2 N–H and O–H groups in total. The lowest BCUT2D eigenvalue weighted by molar-refractivity contribution is -0.234. The quantitative estimate of drug-likeness (QED) is 0.375. The molecule has 0 saturated heterocycles. The first kappa shape index (κ1) is 29.5. The molecule has 10 atom stereocenters. The molecule has 3 nitrogen and oxygen atoms in total. The number of hydrogen-bond acceptors (Lipinski definition) is 3. The van der Waals surface area contributed by atoms with Gasteiger partial charge in [-0.2, -0.15) is 0 Å². The second-order valence-corrected chi connectivity index (χ2v) is 16.8. The number of hydrogen-bond donors (Lipinski definition) is 1. The molecule has 4 fully saturated rings. The van der Waals surface area contributed by atoms with Crippen molar-refractivity contribution in [3.05, 3.63) is 41.5 Å². The first-order chi connectivity index (χ1) is 19.2. The molecule has 0 aliphatic heterocycles. The van der Waals surface area contributed by atoms with E-state index in [1.807, 2.05) is 12.1 Å². The minimum Gasteiger partial charge on any atom is -0.465 e. The van der Waals surface area contributed by atoms with E-state index >= 15 is 0 Å². The zero-order valence-corrected chi connectivity index (χ0v) is 27.3. The van der Waals surface area contributed by atoms with Crippen molar-refractivity contribution in [3.63, 3.8) is 0 Å². The zero-order chi connectivity index (χ0) is 29.6. The maximum absolute atomic E-state index is 12.1. The van der Waals surface area contributed by atoms with Gasteiger partial charge in [0.1, 0.15) is 0 Å². The van der Waals surface area contributed by atoms with Gasteiger partial charge in [0.25, 0.3) is 0 Å². The molecule has 2 bridgehead atoms. The van der Waals surface area contributed by atoms with E-state index in [0.29, 0.717) is 45.1 Å². The second kappa shape index (κ2) is 9.70. The molecular formula is C38H57NO2. The van der Waals surface area contributed by atoms with Gasteiger partial charge in [-0.25, -0.2) is 4.79 Å². The van der Waals surface area contributed by atoms with E-state index in [1.165, 1.54) is 76.0 Å². The SMILES string of the molecule is COC(=O)c1ccc(C2=CC[C@]3(C)[C@H]4CC[C@]5(C)[C@@H]6C[C@@H](CC[C@H]6C(C)N)CC[C@@]5(C)[C@]4(C)CC[C@H]3C2(C)C)cc1. The molecule has 6 rings (SSSR count). The summed E-state index contributed by atoms with van der Waals surface area (Å²) in [5, 5.41) is 0. The highest BCUT2D eigenvalue weighted by atomic mass is 16.5. The van der Waals surface area contributed by atoms with E-state index in [4.69, 9.17) is 10.5 Å². The molecule has 5 aliphatic rings. The van der Waals surface area contributed by atoms with Crippen molar-refractivity contribution in [2.75, 3.05) is 7.11 Å². The third-order valence-electron chi connectivity index (χ3n) is 15.3. The van der Waals surface area contributed by atoms with Gasteiger partial charge >= 0.3 is 5.97 Å². The molecule has 0 radical (unpaired) electrons. The van der Waals surface area contributed by atoms with Crippen LogP contribution in [-0.2, 0) is 4.74 Å². The number of carbonyl (C=O) groups excluding carboxylic acids is 1. The Labute approximate surface area is 250 Å². The Hall–Kier alpha value is -1.61. The zero-order valence-electron chi connectivity index (χ0n) is 27.3. The molecule has 226 valence electrons. The minimum atomic E-state index is -0.264. The van der Waals surface area contributed by atoms with Crippen LogP contribution in [0, 0.1) is 56.7 Å². The van der Waals surface area contributed by atoms with Gasteiger partial charge in [-0.15, -0.1) is 0 Å². The molecule has 1 unspecified atom stereocenters. The maximum Gasteiger partial charge on any atom is 0.337 e. The molecule has 1 aromatic rings. The number of allylic oxidation sites excluding steroid dienone is 2. The Morgan fingerprint density at radius 2 is 1.54 bits per heavy atom. The van der Waals surface area contributed by atoms with Crippen LogP contribution in [0.2, 0.25) is 0 Å². The van der Waals surface area contributed by atoms with Crippen molar-refractivity contribution < 1.29 is 9.53 Å². The highest BCUT2D eigenvalue weighted by Crippen LogP contribution is 2.78. The largest absolute Gasteiger partial charge is 0.465 e. The van der Waals surface area contributed by atoms with Gasteiger partial charge in [0.05, 0.1) is 12.7 Å². The number of rotatable bonds is 3. The minimum absolute atomic E-state index is 0.0862. The normalized spacial score (nSPS) is 45.7. The van der Waals surface area contributed by atoms with Gasteiger partial charge < -0.3 is 10.5 Å². The molecule has 0 heterocycles. The Morgan fingerprint density at radius 3 is 2.20 bits per heavy atom. The lowest BCUT2D eigenvalue weighted by Crippen LogP contribution is -2.66. The van der Waals surface area contributed by atoms with E-state index in [2.05, 4.69) is 66.7 Å². The average Bonchev–Trinajstić information content (AvgIpc) is 3.01. The van der Waals surface area contributed by atoms with Crippen LogP contribution in [0.25, 0.3) is 5.57 Å². The molecule has 0 amide bonds. The molecule has 3 heteroatoms. The van der Waals surface area contributed by atoms with Gasteiger partial charge in [0, 0.05) is 6.04 Å². The Bertz CT molecular complexity index is 1210. The smallest absolute Gasteiger partial charge is 0.337 e. The van der Waals surface area contributed by atoms with Crippen LogP contribution >= 0.6 is 0 Å². The molecular weight excluding hydrogens is 502 g/mol. The highest BCUT2D eigenvalue weighted by Gasteiger charge is 2.70. The fourth-order valence-electron chi connectivity index (χ4n) is 12.8. The summed E-state index contributed by atoms with van der Waals surface area (Å²) in [6.45, 7) is 18.2. The van der Waals surface area contributed by atoms with Crippen molar-refractivity contribution in [1.82, 2.24) is 0 Å². The van der Waals surface area contributed by atoms with Crippen molar-refractivity contribution in [3.8, 4) is 0 Å². The van der Waals surface area contributed by atoms with Crippen molar-refractivity contribution in [2.24, 2.45) is 62.4 Å². The van der Waals surface area contributed by atoms with Crippen molar-refractivity contribution in [1.29, 1.82) is 0 Å². The van der Waals surface area contributed by atoms with E-state index in [1.54, 1.807) is 0 Å². The van der Waals surface area contributed by atoms with Crippen LogP contribution in [-0.4, -0.2) is 19.1 Å². The molecule has 0 spiro atoms. The molecule has 41 heavy (non-hydrogen) atoms. The van der Waals surface area contributed by atoms with E-state index in [-0.39, 0.29) is 11.4 Å². The summed E-state index contributed by atoms with van der Waals surface area (Å²) < 4.78 is 4.95. The summed E-state index contributed by atoms with van der Waals surface area (Å²) in [6.07, 6.45) is 16.2. The molecule has 0 aromatic heterocycles. The fraction of sp³-hybridized carbons (Fsp3) is 0.763. The third kappa shape index (κ3) is 3.95. The summed E-state index contributed by atoms with van der Waals surface area (Å²) in [6, 6.07) is 8.46. The highest BCUT2D eigenvalue weighted by molar-refractivity contribution is 5.89. The number of methoxy groups -OCH3 is 1. The summed E-state index contributed by atoms with van der Waals surface area (Å²) in [5.74, 6) is 3.51. The molecule has 4 saturated carbocycles. The number of esters is 1. The Morgan fingerprint density at radius 1 is 0.878 bits per heavy atom. The number of fused-ring (bicyclic) bond motifs is 8. The number of benzene rings is 1.